The number of hydrogen-bond donors (Lipinski definition) is 0. The minimum atomic E-state index is -0.280. The van der Waals surface area contributed by atoms with E-state index in [1.54, 1.807) is 4.90 Å². The number of carbonyl (C=O) groups excluding carboxylic acids is 1. The van der Waals surface area contributed by atoms with Gasteiger partial charge in [-0.15, -0.1) is 0 Å². The van der Waals surface area contributed by atoms with Gasteiger partial charge in [-0.05, 0) is 5.56 Å². The first-order valence-electron chi connectivity index (χ1n) is 5.27. The maximum Gasteiger partial charge on any atom is 0.410 e. The molecule has 0 saturated carbocycles. The van der Waals surface area contributed by atoms with Gasteiger partial charge >= 0.3 is 6.09 Å². The van der Waals surface area contributed by atoms with E-state index in [1.165, 1.54) is 0 Å². The van der Waals surface area contributed by atoms with Crippen LogP contribution < -0.4 is 0 Å². The summed E-state index contributed by atoms with van der Waals surface area (Å²) < 4.78 is 5.19. The highest BCUT2D eigenvalue weighted by atomic mass is 16.6. The second kappa shape index (κ2) is 5.22. The average Bonchev–Trinajstić information content (AvgIpc) is 2.38. The zero-order valence-corrected chi connectivity index (χ0v) is 8.98. The predicted molar refractivity (Wildman–Crippen MR) is 60.6 cm³/mol. The first-order chi connectivity index (χ1) is 7.86. The van der Waals surface area contributed by atoms with Gasteiger partial charge in [0.2, 0.25) is 0 Å². The van der Waals surface area contributed by atoms with Crippen molar-refractivity contribution in [1.29, 1.82) is 0 Å². The van der Waals surface area contributed by atoms with E-state index in [2.05, 4.69) is 11.8 Å². The van der Waals surface area contributed by atoms with E-state index in [4.69, 9.17) is 4.74 Å². The molecule has 0 N–H and O–H groups in total. The fourth-order valence-electron chi connectivity index (χ4n) is 1.48. The second-order valence-corrected chi connectivity index (χ2v) is 3.57. The molecule has 0 spiro atoms. The summed E-state index contributed by atoms with van der Waals surface area (Å²) in [6.07, 6.45) is 0.457. The quantitative estimate of drug-likeness (QED) is 0.706. The molecule has 1 heterocycles. The molecule has 0 atom stereocenters. The molecule has 1 aliphatic rings. The zero-order valence-electron chi connectivity index (χ0n) is 8.98. The molecule has 82 valence electrons. The Kier molecular flexibility index (Phi) is 3.45. The van der Waals surface area contributed by atoms with Crippen molar-refractivity contribution in [2.45, 2.75) is 13.0 Å². The molecule has 0 fully saturated rings. The molecule has 0 unspecified atom stereocenters. The highest BCUT2D eigenvalue weighted by Crippen LogP contribution is 2.04. The zero-order chi connectivity index (χ0) is 11.2. The van der Waals surface area contributed by atoms with Crippen LogP contribution in [0.4, 0.5) is 4.79 Å². The van der Waals surface area contributed by atoms with Gasteiger partial charge in [-0.2, -0.15) is 0 Å². The van der Waals surface area contributed by atoms with Crippen molar-refractivity contribution in [2.75, 3.05) is 13.1 Å². The molecular formula is C13H13NO2. The lowest BCUT2D eigenvalue weighted by Gasteiger charge is -2.20. The summed E-state index contributed by atoms with van der Waals surface area (Å²) in [5.74, 6) is 5.83. The van der Waals surface area contributed by atoms with E-state index < -0.39 is 0 Å². The van der Waals surface area contributed by atoms with Gasteiger partial charge < -0.3 is 4.74 Å². The normalized spacial score (nSPS) is 13.9. The van der Waals surface area contributed by atoms with E-state index >= 15 is 0 Å². The third-order valence-corrected chi connectivity index (χ3v) is 2.36. The highest BCUT2D eigenvalue weighted by Gasteiger charge is 2.14. The van der Waals surface area contributed by atoms with Crippen LogP contribution in [0, 0.1) is 11.8 Å². The summed E-state index contributed by atoms with van der Waals surface area (Å²) in [4.78, 5) is 13.2. The number of benzene rings is 1. The summed E-state index contributed by atoms with van der Waals surface area (Å²) in [5.41, 5.74) is 0.999. The fraction of sp³-hybridized carbons (Fsp3) is 0.308. The lowest BCUT2D eigenvalue weighted by molar-refractivity contribution is 0.101. The first kappa shape index (κ1) is 10.6. The molecule has 1 amide bonds. The van der Waals surface area contributed by atoms with Crippen LogP contribution >= 0.6 is 0 Å². The van der Waals surface area contributed by atoms with Gasteiger partial charge in [-0.3, -0.25) is 4.90 Å². The topological polar surface area (TPSA) is 29.5 Å². The summed E-state index contributed by atoms with van der Waals surface area (Å²) in [6.45, 7) is 1.47. The molecule has 3 nitrogen and oxygen atoms in total. The Hall–Kier alpha value is -1.95. The Morgan fingerprint density at radius 1 is 1.31 bits per heavy atom. The Balaban J connectivity index is 1.83. The third-order valence-electron chi connectivity index (χ3n) is 2.36. The van der Waals surface area contributed by atoms with Gasteiger partial charge in [0.1, 0.15) is 6.61 Å². The van der Waals surface area contributed by atoms with E-state index in [0.717, 1.165) is 12.0 Å². The van der Waals surface area contributed by atoms with Crippen LogP contribution in [-0.4, -0.2) is 24.1 Å². The Morgan fingerprint density at radius 3 is 2.81 bits per heavy atom. The maximum atomic E-state index is 11.6. The third kappa shape index (κ3) is 2.77. The molecule has 0 radical (unpaired) electrons. The number of amides is 1. The molecule has 0 aromatic heterocycles. The van der Waals surface area contributed by atoms with Crippen LogP contribution in [0.2, 0.25) is 0 Å². The lowest BCUT2D eigenvalue weighted by atomic mass is 10.2. The summed E-state index contributed by atoms with van der Waals surface area (Å²) in [6, 6.07) is 9.66. The molecule has 1 aliphatic heterocycles. The van der Waals surface area contributed by atoms with E-state index in [0.29, 0.717) is 19.7 Å². The number of ether oxygens (including phenoxy) is 1. The lowest BCUT2D eigenvalue weighted by Crippen LogP contribution is -2.34. The molecule has 1 aromatic rings. The van der Waals surface area contributed by atoms with Crippen molar-refractivity contribution < 1.29 is 9.53 Å². The van der Waals surface area contributed by atoms with Crippen molar-refractivity contribution in [3.63, 3.8) is 0 Å². The van der Waals surface area contributed by atoms with Crippen LogP contribution in [0.1, 0.15) is 12.0 Å². The number of carbonyl (C=O) groups is 1. The van der Waals surface area contributed by atoms with Gasteiger partial charge in [0, 0.05) is 13.0 Å². The van der Waals surface area contributed by atoms with Crippen molar-refractivity contribution >= 4 is 6.09 Å². The van der Waals surface area contributed by atoms with E-state index in [9.17, 15) is 4.79 Å². The molecule has 1 aromatic carbocycles. The van der Waals surface area contributed by atoms with E-state index in [1.807, 2.05) is 30.3 Å². The van der Waals surface area contributed by atoms with Crippen molar-refractivity contribution in [3.8, 4) is 11.8 Å². The summed E-state index contributed by atoms with van der Waals surface area (Å²) in [7, 11) is 0. The minimum Gasteiger partial charge on any atom is -0.445 e. The van der Waals surface area contributed by atoms with Gasteiger partial charge in [0.25, 0.3) is 0 Å². The molecule has 16 heavy (non-hydrogen) atoms. The van der Waals surface area contributed by atoms with Crippen LogP contribution in [-0.2, 0) is 11.3 Å². The molecule has 0 aliphatic carbocycles. The van der Waals surface area contributed by atoms with Crippen molar-refractivity contribution in [3.05, 3.63) is 35.9 Å². The molecular weight excluding hydrogens is 202 g/mol. The van der Waals surface area contributed by atoms with E-state index in [-0.39, 0.29) is 6.09 Å². The van der Waals surface area contributed by atoms with Crippen molar-refractivity contribution in [2.24, 2.45) is 0 Å². The minimum absolute atomic E-state index is 0.280. The number of nitrogens with zero attached hydrogens (tertiary/aromatic N) is 1. The monoisotopic (exact) mass is 215 g/mol. The Morgan fingerprint density at radius 2 is 2.12 bits per heavy atom. The molecule has 0 saturated heterocycles. The largest absolute Gasteiger partial charge is 0.445 e. The van der Waals surface area contributed by atoms with Crippen LogP contribution in [0.25, 0.3) is 0 Å². The Labute approximate surface area is 95.0 Å². The predicted octanol–water partition coefficient (Wildman–Crippen LogP) is 2.03. The SMILES string of the molecule is O=C(OCc1ccccc1)N1CC#CCC1. The molecule has 0 bridgehead atoms. The fourth-order valence-corrected chi connectivity index (χ4v) is 1.48. The average molecular weight is 215 g/mol. The van der Waals surface area contributed by atoms with Gasteiger partial charge in [0.15, 0.2) is 0 Å². The smallest absolute Gasteiger partial charge is 0.410 e. The maximum absolute atomic E-state index is 11.6. The van der Waals surface area contributed by atoms with Crippen LogP contribution in [0.3, 0.4) is 0 Å². The standard InChI is InChI=1S/C13H13NO2/c15-13(14-9-5-2-6-10-14)16-11-12-7-3-1-4-8-12/h1,3-4,7-8H,5,9-11H2. The summed E-state index contributed by atoms with van der Waals surface area (Å²) >= 11 is 0. The van der Waals surface area contributed by atoms with Gasteiger partial charge in [-0.25, -0.2) is 4.79 Å². The van der Waals surface area contributed by atoms with Gasteiger partial charge in [0.05, 0.1) is 6.54 Å². The van der Waals surface area contributed by atoms with Gasteiger partial charge in [-0.1, -0.05) is 42.2 Å². The van der Waals surface area contributed by atoms with Crippen LogP contribution in [0.15, 0.2) is 30.3 Å². The first-order valence-corrected chi connectivity index (χ1v) is 5.27. The second-order valence-electron chi connectivity index (χ2n) is 3.57. The van der Waals surface area contributed by atoms with Crippen molar-refractivity contribution in [1.82, 2.24) is 4.90 Å². The van der Waals surface area contributed by atoms with Crippen LogP contribution in [0.5, 0.6) is 0 Å². The molecule has 2 rings (SSSR count). The number of hydrogen-bond acceptors (Lipinski definition) is 2. The highest BCUT2D eigenvalue weighted by molar-refractivity contribution is 5.68. The molecule has 3 heteroatoms. The summed E-state index contributed by atoms with van der Waals surface area (Å²) in [5, 5.41) is 0. The number of rotatable bonds is 2. The Bertz CT molecular complexity index is 417.